The number of amides is 3. The fraction of sp³-hybridized carbons (Fsp3) is 0.345. The minimum atomic E-state index is -0.829. The Morgan fingerprint density at radius 2 is 1.74 bits per heavy atom. The number of anilines is 2. The summed E-state index contributed by atoms with van der Waals surface area (Å²) in [6.45, 7) is 4.04. The molecule has 3 aromatic rings. The summed E-state index contributed by atoms with van der Waals surface area (Å²) < 4.78 is 5.34. The molecule has 9 heteroatoms. The van der Waals surface area contributed by atoms with Crippen LogP contribution in [-0.4, -0.2) is 86.5 Å². The Hall–Kier alpha value is -4.11. The molecule has 2 aliphatic rings. The van der Waals surface area contributed by atoms with Crippen LogP contribution in [0.2, 0.25) is 0 Å². The van der Waals surface area contributed by atoms with Crippen molar-refractivity contribution in [2.75, 3.05) is 63.1 Å². The van der Waals surface area contributed by atoms with E-state index in [0.29, 0.717) is 18.8 Å². The van der Waals surface area contributed by atoms with Crippen LogP contribution in [0.5, 0.6) is 5.75 Å². The smallest absolute Gasteiger partial charge is 0.243 e. The molecule has 38 heavy (non-hydrogen) atoms. The molecule has 5 rings (SSSR count). The summed E-state index contributed by atoms with van der Waals surface area (Å²) >= 11 is 0. The Labute approximate surface area is 222 Å². The zero-order valence-corrected chi connectivity index (χ0v) is 21.6. The number of carbonyl (C=O) groups is 3. The maximum Gasteiger partial charge on any atom is 0.243 e. The van der Waals surface area contributed by atoms with Gasteiger partial charge in [-0.1, -0.05) is 42.5 Å². The maximum atomic E-state index is 13.3. The van der Waals surface area contributed by atoms with Crippen LogP contribution in [0.15, 0.2) is 66.7 Å². The molecule has 0 spiro atoms. The van der Waals surface area contributed by atoms with E-state index in [2.05, 4.69) is 26.5 Å². The van der Waals surface area contributed by atoms with Crippen LogP contribution in [0.25, 0.3) is 10.8 Å². The van der Waals surface area contributed by atoms with Gasteiger partial charge in [0.1, 0.15) is 11.8 Å². The molecule has 0 aromatic heterocycles. The molecule has 0 aliphatic carbocycles. The van der Waals surface area contributed by atoms with Gasteiger partial charge in [0, 0.05) is 62.1 Å². The first-order valence-electron chi connectivity index (χ1n) is 13.0. The SMILES string of the molecule is COc1cccc(N2CCN(CC(=O)N3CCNC(=O)[C@@H]3CC(=O)Nc3cccc4ccccc34)CC2)c1. The molecule has 2 aliphatic heterocycles. The molecule has 1 atom stereocenters. The van der Waals surface area contributed by atoms with Crippen molar-refractivity contribution in [3.05, 3.63) is 66.7 Å². The lowest BCUT2D eigenvalue weighted by Crippen LogP contribution is -2.60. The number of hydrogen-bond donors (Lipinski definition) is 2. The van der Waals surface area contributed by atoms with Crippen LogP contribution in [-0.2, 0) is 14.4 Å². The minimum Gasteiger partial charge on any atom is -0.497 e. The van der Waals surface area contributed by atoms with Crippen LogP contribution in [0.3, 0.4) is 0 Å². The molecule has 0 radical (unpaired) electrons. The summed E-state index contributed by atoms with van der Waals surface area (Å²) in [6.07, 6.45) is -0.0928. The van der Waals surface area contributed by atoms with E-state index in [1.165, 1.54) is 0 Å². The van der Waals surface area contributed by atoms with E-state index in [1.54, 1.807) is 12.0 Å². The van der Waals surface area contributed by atoms with Crippen molar-refractivity contribution >= 4 is 39.9 Å². The molecule has 0 bridgehead atoms. The number of nitrogens with one attached hydrogen (secondary N) is 2. The Balaban J connectivity index is 1.19. The zero-order valence-electron chi connectivity index (χ0n) is 21.6. The summed E-state index contributed by atoms with van der Waals surface area (Å²) in [4.78, 5) is 45.0. The normalized spacial score (nSPS) is 18.2. The third kappa shape index (κ3) is 5.73. The van der Waals surface area contributed by atoms with Gasteiger partial charge in [-0.15, -0.1) is 0 Å². The van der Waals surface area contributed by atoms with Gasteiger partial charge in [-0.2, -0.15) is 0 Å². The Bertz CT molecular complexity index is 1320. The quantitative estimate of drug-likeness (QED) is 0.502. The second-order valence-electron chi connectivity index (χ2n) is 9.64. The third-order valence-corrected chi connectivity index (χ3v) is 7.24. The van der Waals surface area contributed by atoms with E-state index in [1.807, 2.05) is 60.7 Å². The van der Waals surface area contributed by atoms with Gasteiger partial charge in [0.15, 0.2) is 0 Å². The second kappa shape index (κ2) is 11.5. The monoisotopic (exact) mass is 515 g/mol. The number of hydrogen-bond acceptors (Lipinski definition) is 6. The summed E-state index contributed by atoms with van der Waals surface area (Å²) in [5.41, 5.74) is 1.79. The number of benzene rings is 3. The number of methoxy groups -OCH3 is 1. The molecule has 2 fully saturated rings. The van der Waals surface area contributed by atoms with Crippen molar-refractivity contribution < 1.29 is 19.1 Å². The molecular weight excluding hydrogens is 482 g/mol. The standard InChI is InChI=1S/C29H33N5O4/c1-38-23-9-5-8-22(18-23)33-16-14-32(15-17-33)20-28(36)34-13-12-30-29(37)26(34)19-27(35)31-25-11-4-7-21-6-2-3-10-24(21)25/h2-11,18,26H,12-17,19-20H2,1H3,(H,30,37)(H,31,35)/t26-/m0/s1. The van der Waals surface area contributed by atoms with Crippen LogP contribution >= 0.6 is 0 Å². The van der Waals surface area contributed by atoms with Crippen molar-refractivity contribution in [2.45, 2.75) is 12.5 Å². The van der Waals surface area contributed by atoms with Crippen LogP contribution < -0.4 is 20.3 Å². The van der Waals surface area contributed by atoms with Gasteiger partial charge in [0.2, 0.25) is 17.7 Å². The summed E-state index contributed by atoms with van der Waals surface area (Å²) in [5.74, 6) is 0.102. The molecule has 9 nitrogen and oxygen atoms in total. The van der Waals surface area contributed by atoms with Crippen molar-refractivity contribution in [1.29, 1.82) is 0 Å². The highest BCUT2D eigenvalue weighted by atomic mass is 16.5. The van der Waals surface area contributed by atoms with E-state index >= 15 is 0 Å². The Morgan fingerprint density at radius 3 is 2.55 bits per heavy atom. The first-order valence-corrected chi connectivity index (χ1v) is 13.0. The zero-order chi connectivity index (χ0) is 26.5. The van der Waals surface area contributed by atoms with Crippen LogP contribution in [0.1, 0.15) is 6.42 Å². The average Bonchev–Trinajstić information content (AvgIpc) is 2.94. The molecule has 0 unspecified atom stereocenters. The van der Waals surface area contributed by atoms with Gasteiger partial charge in [-0.05, 0) is 23.6 Å². The molecule has 0 saturated carbocycles. The van der Waals surface area contributed by atoms with Crippen LogP contribution in [0, 0.1) is 0 Å². The summed E-state index contributed by atoms with van der Waals surface area (Å²) in [5, 5.41) is 7.70. The van der Waals surface area contributed by atoms with E-state index in [-0.39, 0.29) is 30.7 Å². The topological polar surface area (TPSA) is 94.2 Å². The van der Waals surface area contributed by atoms with Gasteiger partial charge in [-0.3, -0.25) is 19.3 Å². The number of fused-ring (bicyclic) bond motifs is 1. The highest BCUT2D eigenvalue weighted by Crippen LogP contribution is 2.24. The van der Waals surface area contributed by atoms with Crippen molar-refractivity contribution in [1.82, 2.24) is 15.1 Å². The fourth-order valence-corrected chi connectivity index (χ4v) is 5.18. The summed E-state index contributed by atoms with van der Waals surface area (Å²) in [7, 11) is 1.66. The van der Waals surface area contributed by atoms with Gasteiger partial charge in [0.25, 0.3) is 0 Å². The highest BCUT2D eigenvalue weighted by molar-refractivity contribution is 6.04. The van der Waals surface area contributed by atoms with E-state index < -0.39 is 6.04 Å². The van der Waals surface area contributed by atoms with E-state index in [0.717, 1.165) is 48.4 Å². The number of ether oxygens (including phenoxy) is 1. The lowest BCUT2D eigenvalue weighted by Gasteiger charge is -2.39. The first kappa shape index (κ1) is 25.5. The van der Waals surface area contributed by atoms with Crippen molar-refractivity contribution in [3.8, 4) is 5.75 Å². The number of rotatable bonds is 7. The molecule has 198 valence electrons. The number of carbonyl (C=O) groups excluding carboxylic acids is 3. The second-order valence-corrected chi connectivity index (χ2v) is 9.64. The Morgan fingerprint density at radius 1 is 0.974 bits per heavy atom. The van der Waals surface area contributed by atoms with E-state index in [4.69, 9.17) is 4.74 Å². The first-order chi connectivity index (χ1) is 18.5. The Kier molecular flexibility index (Phi) is 7.74. The average molecular weight is 516 g/mol. The van der Waals surface area contributed by atoms with E-state index in [9.17, 15) is 14.4 Å². The predicted octanol–water partition coefficient (Wildman–Crippen LogP) is 2.33. The largest absolute Gasteiger partial charge is 0.497 e. The lowest BCUT2D eigenvalue weighted by atomic mass is 10.1. The summed E-state index contributed by atoms with van der Waals surface area (Å²) in [6, 6.07) is 20.6. The maximum absolute atomic E-state index is 13.3. The van der Waals surface area contributed by atoms with Gasteiger partial charge >= 0.3 is 0 Å². The lowest BCUT2D eigenvalue weighted by molar-refractivity contribution is -0.145. The van der Waals surface area contributed by atoms with Crippen molar-refractivity contribution in [2.24, 2.45) is 0 Å². The van der Waals surface area contributed by atoms with Crippen LogP contribution in [0.4, 0.5) is 11.4 Å². The highest BCUT2D eigenvalue weighted by Gasteiger charge is 2.35. The fourth-order valence-electron chi connectivity index (χ4n) is 5.18. The van der Waals surface area contributed by atoms with Gasteiger partial charge in [0.05, 0.1) is 20.1 Å². The predicted molar refractivity (Wildman–Crippen MR) is 147 cm³/mol. The third-order valence-electron chi connectivity index (χ3n) is 7.24. The molecule has 2 N–H and O–H groups in total. The molecule has 2 heterocycles. The van der Waals surface area contributed by atoms with Crippen molar-refractivity contribution in [3.63, 3.8) is 0 Å². The molecular formula is C29H33N5O4. The molecule has 3 amide bonds. The number of piperazine rings is 2. The molecule has 3 aromatic carbocycles. The van der Waals surface area contributed by atoms with Gasteiger partial charge < -0.3 is 25.2 Å². The molecule has 2 saturated heterocycles. The minimum absolute atomic E-state index is 0.0928. The van der Waals surface area contributed by atoms with Gasteiger partial charge in [-0.25, -0.2) is 0 Å². The number of nitrogens with zero attached hydrogens (tertiary/aromatic N) is 3.